The van der Waals surface area contributed by atoms with Crippen molar-refractivity contribution in [2.75, 3.05) is 26.3 Å². The Morgan fingerprint density at radius 3 is 2.63 bits per heavy atom. The first-order valence-electron chi connectivity index (χ1n) is 15.5. The van der Waals surface area contributed by atoms with E-state index in [0.29, 0.717) is 23.7 Å². The van der Waals surface area contributed by atoms with Gasteiger partial charge in [-0.1, -0.05) is 31.2 Å². The Labute approximate surface area is 251 Å². The fraction of sp³-hybridized carbons (Fsp3) is 0.429. The van der Waals surface area contributed by atoms with Crippen LogP contribution in [0.5, 0.6) is 11.5 Å². The zero-order valence-corrected chi connectivity index (χ0v) is 24.9. The van der Waals surface area contributed by atoms with E-state index in [9.17, 15) is 9.18 Å². The van der Waals surface area contributed by atoms with Crippen molar-refractivity contribution >= 4 is 16.8 Å². The molecule has 8 heteroatoms. The van der Waals surface area contributed by atoms with Crippen LogP contribution < -0.4 is 9.47 Å². The number of ether oxygens (including phenoxy) is 3. The molecule has 7 nitrogen and oxygen atoms in total. The van der Waals surface area contributed by atoms with Crippen LogP contribution in [0.4, 0.5) is 4.39 Å². The number of para-hydroxylation sites is 1. The predicted octanol–water partition coefficient (Wildman–Crippen LogP) is 6.76. The SMILES string of the molecule is CCC(=O)c1ccc2nc(CN3CCC(c4cccc5c4OCC(c4ccc(C)cc4F)O5)CC3)n(CC3CCO3)c2c1. The van der Waals surface area contributed by atoms with Gasteiger partial charge < -0.3 is 18.8 Å². The molecule has 2 unspecified atom stereocenters. The van der Waals surface area contributed by atoms with Crippen LogP contribution in [0.1, 0.15) is 77.5 Å². The lowest BCUT2D eigenvalue weighted by Crippen LogP contribution is -2.35. The average molecular weight is 584 g/mol. The Morgan fingerprint density at radius 1 is 1.05 bits per heavy atom. The zero-order valence-electron chi connectivity index (χ0n) is 24.9. The number of halogens is 1. The maximum absolute atomic E-state index is 14.6. The number of fused-ring (bicyclic) bond motifs is 2. The molecule has 43 heavy (non-hydrogen) atoms. The van der Waals surface area contributed by atoms with Gasteiger partial charge in [-0.25, -0.2) is 9.37 Å². The maximum atomic E-state index is 14.6. The number of likely N-dealkylation sites (tertiary alicyclic amines) is 1. The largest absolute Gasteiger partial charge is 0.485 e. The highest BCUT2D eigenvalue weighted by molar-refractivity contribution is 5.98. The van der Waals surface area contributed by atoms with E-state index in [1.807, 2.05) is 50.2 Å². The summed E-state index contributed by atoms with van der Waals surface area (Å²) in [5, 5.41) is 0. The van der Waals surface area contributed by atoms with Gasteiger partial charge >= 0.3 is 0 Å². The minimum Gasteiger partial charge on any atom is -0.485 e. The molecule has 3 aliphatic heterocycles. The fourth-order valence-electron chi connectivity index (χ4n) is 6.60. The molecule has 224 valence electrons. The van der Waals surface area contributed by atoms with Crippen molar-refractivity contribution in [2.24, 2.45) is 0 Å². The molecule has 4 heterocycles. The number of carbonyl (C=O) groups is 1. The van der Waals surface area contributed by atoms with Crippen LogP contribution in [-0.2, 0) is 17.8 Å². The summed E-state index contributed by atoms with van der Waals surface area (Å²) in [6.45, 7) is 8.26. The first-order valence-corrected chi connectivity index (χ1v) is 15.5. The molecule has 1 aromatic heterocycles. The van der Waals surface area contributed by atoms with Gasteiger partial charge in [-0.05, 0) is 81.1 Å². The smallest absolute Gasteiger partial charge is 0.164 e. The molecular formula is C35H38FN3O4. The zero-order chi connectivity index (χ0) is 29.5. The van der Waals surface area contributed by atoms with Crippen molar-refractivity contribution in [2.45, 2.75) is 70.7 Å². The molecule has 0 amide bonds. The van der Waals surface area contributed by atoms with Gasteiger partial charge in [0, 0.05) is 29.7 Å². The number of aryl methyl sites for hydroxylation is 1. The highest BCUT2D eigenvalue weighted by Crippen LogP contribution is 2.44. The van der Waals surface area contributed by atoms with E-state index in [1.165, 1.54) is 5.56 Å². The summed E-state index contributed by atoms with van der Waals surface area (Å²) in [5.74, 6) is 2.74. The normalized spacial score (nSPS) is 20.7. The third-order valence-corrected chi connectivity index (χ3v) is 9.20. The van der Waals surface area contributed by atoms with Crippen LogP contribution in [0, 0.1) is 12.7 Å². The minimum atomic E-state index is -0.467. The van der Waals surface area contributed by atoms with Crippen molar-refractivity contribution < 1.29 is 23.4 Å². The Bertz CT molecular complexity index is 1650. The number of ketones is 1. The standard InChI is InChI=1S/C35H38FN3O4/c1-3-31(40)24-8-10-29-30(18-24)39(19-25-13-16-41-25)34(37-29)20-38-14-11-23(12-15-38)26-5-4-6-32-35(26)42-21-33(43-32)27-9-7-22(2)17-28(27)36/h4-10,17-18,23,25,33H,3,11-16,19-21H2,1-2H3. The number of nitrogens with zero attached hydrogens (tertiary/aromatic N) is 3. The minimum absolute atomic E-state index is 0.147. The molecule has 0 spiro atoms. The summed E-state index contributed by atoms with van der Waals surface area (Å²) in [6, 6.07) is 17.2. The van der Waals surface area contributed by atoms with Gasteiger partial charge in [0.15, 0.2) is 23.4 Å². The van der Waals surface area contributed by atoms with E-state index in [-0.39, 0.29) is 24.3 Å². The van der Waals surface area contributed by atoms with E-state index >= 15 is 0 Å². The number of rotatable bonds is 8. The number of hydrogen-bond acceptors (Lipinski definition) is 6. The highest BCUT2D eigenvalue weighted by atomic mass is 19.1. The maximum Gasteiger partial charge on any atom is 0.164 e. The van der Waals surface area contributed by atoms with Crippen LogP contribution in [0.15, 0.2) is 54.6 Å². The number of benzene rings is 3. The first kappa shape index (κ1) is 28.0. The third kappa shape index (κ3) is 5.54. The monoisotopic (exact) mass is 583 g/mol. The van der Waals surface area contributed by atoms with Gasteiger partial charge in [0.05, 0.1) is 30.2 Å². The topological polar surface area (TPSA) is 65.8 Å². The van der Waals surface area contributed by atoms with E-state index in [1.54, 1.807) is 12.1 Å². The predicted molar refractivity (Wildman–Crippen MR) is 162 cm³/mol. The second-order valence-electron chi connectivity index (χ2n) is 12.1. The summed E-state index contributed by atoms with van der Waals surface area (Å²) < 4.78 is 35.2. The Morgan fingerprint density at radius 2 is 1.88 bits per heavy atom. The second-order valence-corrected chi connectivity index (χ2v) is 12.1. The molecule has 0 saturated carbocycles. The molecule has 2 saturated heterocycles. The fourth-order valence-corrected chi connectivity index (χ4v) is 6.60. The van der Waals surface area contributed by atoms with Crippen LogP contribution in [0.2, 0.25) is 0 Å². The number of carbonyl (C=O) groups excluding carboxylic acids is 1. The molecule has 2 fully saturated rings. The van der Waals surface area contributed by atoms with Crippen molar-refractivity contribution in [3.8, 4) is 11.5 Å². The molecule has 4 aromatic rings. The molecular weight excluding hydrogens is 545 g/mol. The van der Waals surface area contributed by atoms with E-state index in [2.05, 4.69) is 15.5 Å². The van der Waals surface area contributed by atoms with Crippen LogP contribution in [-0.4, -0.2) is 52.6 Å². The van der Waals surface area contributed by atoms with Gasteiger partial charge in [0.1, 0.15) is 18.2 Å². The highest BCUT2D eigenvalue weighted by Gasteiger charge is 2.31. The van der Waals surface area contributed by atoms with Crippen LogP contribution in [0.3, 0.4) is 0 Å². The Hall–Kier alpha value is -3.75. The van der Waals surface area contributed by atoms with Crippen molar-refractivity contribution in [3.63, 3.8) is 0 Å². The lowest BCUT2D eigenvalue weighted by Gasteiger charge is -2.35. The summed E-state index contributed by atoms with van der Waals surface area (Å²) in [7, 11) is 0. The molecule has 0 aliphatic carbocycles. The van der Waals surface area contributed by atoms with Gasteiger partial charge in [0.2, 0.25) is 0 Å². The molecule has 0 N–H and O–H groups in total. The number of hydrogen-bond donors (Lipinski definition) is 0. The van der Waals surface area contributed by atoms with Gasteiger partial charge in [-0.3, -0.25) is 9.69 Å². The number of imidazole rings is 1. The van der Waals surface area contributed by atoms with Gasteiger partial charge in [0.25, 0.3) is 0 Å². The van der Waals surface area contributed by atoms with Crippen molar-refractivity contribution in [1.82, 2.24) is 14.5 Å². The Balaban J connectivity index is 1.05. The second kappa shape index (κ2) is 11.7. The average Bonchev–Trinajstić information content (AvgIpc) is 3.34. The summed E-state index contributed by atoms with van der Waals surface area (Å²) in [6.07, 6.45) is 3.26. The van der Waals surface area contributed by atoms with E-state index in [4.69, 9.17) is 19.2 Å². The molecule has 0 bridgehead atoms. The van der Waals surface area contributed by atoms with Crippen LogP contribution in [0.25, 0.3) is 11.0 Å². The number of aromatic nitrogens is 2. The van der Waals surface area contributed by atoms with Crippen LogP contribution >= 0.6 is 0 Å². The lowest BCUT2D eigenvalue weighted by atomic mass is 9.88. The van der Waals surface area contributed by atoms with Gasteiger partial charge in [-0.15, -0.1) is 0 Å². The third-order valence-electron chi connectivity index (χ3n) is 9.20. The molecule has 0 radical (unpaired) electrons. The Kier molecular flexibility index (Phi) is 7.65. The molecule has 3 aromatic carbocycles. The molecule has 2 atom stereocenters. The first-order chi connectivity index (χ1) is 21.0. The van der Waals surface area contributed by atoms with Crippen molar-refractivity contribution in [3.05, 3.63) is 88.5 Å². The summed E-state index contributed by atoms with van der Waals surface area (Å²) in [5.41, 5.74) is 5.26. The number of Topliss-reactive ketones (excluding diaryl/α,β-unsaturated/α-hetero) is 1. The number of piperidine rings is 1. The van der Waals surface area contributed by atoms with Crippen molar-refractivity contribution in [1.29, 1.82) is 0 Å². The molecule has 7 rings (SSSR count). The lowest BCUT2D eigenvalue weighted by molar-refractivity contribution is -0.0592. The summed E-state index contributed by atoms with van der Waals surface area (Å²) >= 11 is 0. The van der Waals surface area contributed by atoms with Gasteiger partial charge in [-0.2, -0.15) is 0 Å². The van der Waals surface area contributed by atoms with E-state index in [0.717, 1.165) is 85.8 Å². The summed E-state index contributed by atoms with van der Waals surface area (Å²) in [4.78, 5) is 19.9. The molecule has 3 aliphatic rings. The quantitative estimate of drug-likeness (QED) is 0.214. The van der Waals surface area contributed by atoms with E-state index < -0.39 is 6.10 Å².